The molecule has 0 aromatic heterocycles. The zero-order chi connectivity index (χ0) is 17.0. The van der Waals surface area contributed by atoms with E-state index in [-0.39, 0.29) is 6.04 Å². The van der Waals surface area contributed by atoms with E-state index in [2.05, 4.69) is 49.6 Å². The second kappa shape index (κ2) is 7.66. The minimum Gasteiger partial charge on any atom is -0.495 e. The third-order valence-electron chi connectivity index (χ3n) is 3.79. The summed E-state index contributed by atoms with van der Waals surface area (Å²) in [5, 5.41) is 7.57. The highest BCUT2D eigenvalue weighted by atomic mass is 35.5. The van der Waals surface area contributed by atoms with Gasteiger partial charge in [-0.05, 0) is 67.9 Å². The summed E-state index contributed by atoms with van der Waals surface area (Å²) in [5.74, 6) is 0.692. The zero-order valence-electron chi connectivity index (χ0n) is 13.7. The van der Waals surface area contributed by atoms with Gasteiger partial charge in [-0.3, -0.25) is 0 Å². The average molecular weight is 349 g/mol. The monoisotopic (exact) mass is 348 g/mol. The maximum Gasteiger partial charge on any atom is 0.171 e. The number of halogens is 1. The first-order valence-electron chi connectivity index (χ1n) is 7.39. The summed E-state index contributed by atoms with van der Waals surface area (Å²) in [5.41, 5.74) is 4.48. The molecule has 2 aromatic carbocycles. The summed E-state index contributed by atoms with van der Waals surface area (Å²) >= 11 is 11.4. The summed E-state index contributed by atoms with van der Waals surface area (Å²) in [6, 6.07) is 11.9. The number of methoxy groups -OCH3 is 1. The van der Waals surface area contributed by atoms with Gasteiger partial charge in [0.1, 0.15) is 5.75 Å². The first kappa shape index (κ1) is 17.6. The molecular formula is C18H21ClN2OS. The summed E-state index contributed by atoms with van der Waals surface area (Å²) < 4.78 is 5.31. The van der Waals surface area contributed by atoms with E-state index in [9.17, 15) is 0 Å². The van der Waals surface area contributed by atoms with Gasteiger partial charge in [0.05, 0.1) is 18.8 Å². The van der Waals surface area contributed by atoms with E-state index in [0.29, 0.717) is 15.9 Å². The van der Waals surface area contributed by atoms with Gasteiger partial charge in [-0.25, -0.2) is 0 Å². The number of benzene rings is 2. The topological polar surface area (TPSA) is 33.3 Å². The Hall–Kier alpha value is -1.78. The highest BCUT2D eigenvalue weighted by molar-refractivity contribution is 7.80. The molecule has 0 aliphatic heterocycles. The van der Waals surface area contributed by atoms with Crippen molar-refractivity contribution in [3.8, 4) is 5.75 Å². The van der Waals surface area contributed by atoms with Crippen LogP contribution >= 0.6 is 23.8 Å². The molecule has 0 aliphatic rings. The van der Waals surface area contributed by atoms with Gasteiger partial charge in [0, 0.05) is 5.02 Å². The van der Waals surface area contributed by atoms with E-state index in [1.807, 2.05) is 0 Å². The molecule has 0 amide bonds. The molecule has 0 fully saturated rings. The van der Waals surface area contributed by atoms with Gasteiger partial charge in [0.15, 0.2) is 5.11 Å². The molecule has 2 aromatic rings. The Morgan fingerprint density at radius 2 is 1.87 bits per heavy atom. The van der Waals surface area contributed by atoms with Crippen LogP contribution in [-0.4, -0.2) is 12.2 Å². The van der Waals surface area contributed by atoms with E-state index >= 15 is 0 Å². The van der Waals surface area contributed by atoms with Crippen molar-refractivity contribution < 1.29 is 4.74 Å². The maximum absolute atomic E-state index is 6.03. The number of ether oxygens (including phenoxy) is 1. The number of anilines is 1. The Kier molecular flexibility index (Phi) is 5.85. The van der Waals surface area contributed by atoms with Crippen LogP contribution < -0.4 is 15.4 Å². The normalized spacial score (nSPS) is 11.7. The molecule has 122 valence electrons. The molecule has 0 radical (unpaired) electrons. The fraction of sp³-hybridized carbons (Fsp3) is 0.278. The van der Waals surface area contributed by atoms with E-state index in [4.69, 9.17) is 28.6 Å². The van der Waals surface area contributed by atoms with Crippen LogP contribution in [0.25, 0.3) is 0 Å². The van der Waals surface area contributed by atoms with Crippen molar-refractivity contribution >= 4 is 34.6 Å². The molecule has 5 heteroatoms. The van der Waals surface area contributed by atoms with Gasteiger partial charge in [0.2, 0.25) is 0 Å². The predicted octanol–water partition coefficient (Wildman–Crippen LogP) is 5.01. The number of hydrogen-bond acceptors (Lipinski definition) is 2. The van der Waals surface area contributed by atoms with Crippen LogP contribution in [0.2, 0.25) is 5.02 Å². The molecule has 0 heterocycles. The molecule has 0 saturated carbocycles. The van der Waals surface area contributed by atoms with Crippen molar-refractivity contribution in [2.24, 2.45) is 0 Å². The van der Waals surface area contributed by atoms with E-state index in [0.717, 1.165) is 5.69 Å². The van der Waals surface area contributed by atoms with Crippen molar-refractivity contribution in [3.63, 3.8) is 0 Å². The lowest BCUT2D eigenvalue weighted by atomic mass is 10.0. The van der Waals surface area contributed by atoms with Gasteiger partial charge in [-0.15, -0.1) is 0 Å². The largest absolute Gasteiger partial charge is 0.495 e. The van der Waals surface area contributed by atoms with Gasteiger partial charge in [-0.2, -0.15) is 0 Å². The Morgan fingerprint density at radius 3 is 2.52 bits per heavy atom. The van der Waals surface area contributed by atoms with Gasteiger partial charge in [-0.1, -0.05) is 29.8 Å². The van der Waals surface area contributed by atoms with E-state index in [1.54, 1.807) is 25.3 Å². The van der Waals surface area contributed by atoms with E-state index < -0.39 is 0 Å². The molecule has 0 saturated heterocycles. The fourth-order valence-electron chi connectivity index (χ4n) is 2.25. The van der Waals surface area contributed by atoms with Gasteiger partial charge < -0.3 is 15.4 Å². The zero-order valence-corrected chi connectivity index (χ0v) is 15.3. The maximum atomic E-state index is 6.03. The second-order valence-corrected chi connectivity index (χ2v) is 6.35. The number of thiocarbonyl (C=S) groups is 1. The predicted molar refractivity (Wildman–Crippen MR) is 102 cm³/mol. The van der Waals surface area contributed by atoms with Gasteiger partial charge in [0.25, 0.3) is 0 Å². The minimum absolute atomic E-state index is 0.0967. The standard InChI is InChI=1S/C18H21ClN2OS/c1-11-5-6-14(9-12(11)2)13(3)20-18(23)21-16-10-15(19)7-8-17(16)22-4/h5-10,13H,1-4H3,(H2,20,21,23). The van der Waals surface area contributed by atoms with Crippen molar-refractivity contribution in [2.45, 2.75) is 26.8 Å². The van der Waals surface area contributed by atoms with Crippen LogP contribution in [0.4, 0.5) is 5.69 Å². The molecule has 0 spiro atoms. The Morgan fingerprint density at radius 1 is 1.13 bits per heavy atom. The smallest absolute Gasteiger partial charge is 0.171 e. The average Bonchev–Trinajstić information content (AvgIpc) is 2.50. The summed E-state index contributed by atoms with van der Waals surface area (Å²) in [7, 11) is 1.61. The van der Waals surface area contributed by atoms with Gasteiger partial charge >= 0.3 is 0 Å². The number of rotatable bonds is 4. The molecule has 1 atom stereocenters. The van der Waals surface area contributed by atoms with Crippen LogP contribution in [0, 0.1) is 13.8 Å². The Bertz CT molecular complexity index is 718. The lowest BCUT2D eigenvalue weighted by Crippen LogP contribution is -2.31. The van der Waals surface area contributed by atoms with E-state index in [1.165, 1.54) is 16.7 Å². The van der Waals surface area contributed by atoms with Crippen LogP contribution in [0.3, 0.4) is 0 Å². The molecule has 1 unspecified atom stereocenters. The Balaban J connectivity index is 2.07. The van der Waals surface area contributed by atoms with Crippen molar-refractivity contribution in [2.75, 3.05) is 12.4 Å². The summed E-state index contributed by atoms with van der Waals surface area (Å²) in [4.78, 5) is 0. The molecule has 23 heavy (non-hydrogen) atoms. The number of aryl methyl sites for hydroxylation is 2. The number of nitrogens with one attached hydrogen (secondary N) is 2. The van der Waals surface area contributed by atoms with Crippen molar-refractivity contribution in [3.05, 3.63) is 58.1 Å². The third-order valence-corrected chi connectivity index (χ3v) is 4.24. The molecule has 0 bridgehead atoms. The highest BCUT2D eigenvalue weighted by Crippen LogP contribution is 2.27. The van der Waals surface area contributed by atoms with Crippen LogP contribution in [-0.2, 0) is 0 Å². The van der Waals surface area contributed by atoms with Crippen molar-refractivity contribution in [1.82, 2.24) is 5.32 Å². The molecule has 0 aliphatic carbocycles. The van der Waals surface area contributed by atoms with Crippen molar-refractivity contribution in [1.29, 1.82) is 0 Å². The molecule has 3 nitrogen and oxygen atoms in total. The summed E-state index contributed by atoms with van der Waals surface area (Å²) in [6.07, 6.45) is 0. The van der Waals surface area contributed by atoms with Crippen LogP contribution in [0.15, 0.2) is 36.4 Å². The lowest BCUT2D eigenvalue weighted by molar-refractivity contribution is 0.417. The third kappa shape index (κ3) is 4.60. The first-order valence-corrected chi connectivity index (χ1v) is 8.17. The molecular weight excluding hydrogens is 328 g/mol. The quantitative estimate of drug-likeness (QED) is 0.761. The van der Waals surface area contributed by atoms with Crippen LogP contribution in [0.5, 0.6) is 5.75 Å². The lowest BCUT2D eigenvalue weighted by Gasteiger charge is -2.19. The highest BCUT2D eigenvalue weighted by Gasteiger charge is 2.10. The SMILES string of the molecule is COc1ccc(Cl)cc1NC(=S)NC(C)c1ccc(C)c(C)c1. The fourth-order valence-corrected chi connectivity index (χ4v) is 2.71. The number of hydrogen-bond donors (Lipinski definition) is 2. The second-order valence-electron chi connectivity index (χ2n) is 5.51. The molecule has 2 rings (SSSR count). The minimum atomic E-state index is 0.0967. The molecule has 2 N–H and O–H groups in total. The Labute approximate surface area is 148 Å². The summed E-state index contributed by atoms with van der Waals surface area (Å²) in [6.45, 7) is 6.29. The van der Waals surface area contributed by atoms with Crippen LogP contribution in [0.1, 0.15) is 29.7 Å². The first-order chi connectivity index (χ1) is 10.9.